The van der Waals surface area contributed by atoms with Crippen LogP contribution in [0.3, 0.4) is 0 Å². The second kappa shape index (κ2) is 6.23. The maximum Gasteiger partial charge on any atom is 0.166 e. The predicted molar refractivity (Wildman–Crippen MR) is 95.3 cm³/mol. The van der Waals surface area contributed by atoms with Gasteiger partial charge in [0.25, 0.3) is 0 Å². The highest BCUT2D eigenvalue weighted by atomic mass is 32.1. The highest BCUT2D eigenvalue weighted by molar-refractivity contribution is 7.18. The number of aromatic nitrogens is 4. The van der Waals surface area contributed by atoms with E-state index in [0.29, 0.717) is 17.2 Å². The van der Waals surface area contributed by atoms with Crippen molar-refractivity contribution >= 4 is 33.2 Å². The fraction of sp³-hybridized carbons (Fsp3) is 0.118. The van der Waals surface area contributed by atoms with Gasteiger partial charge >= 0.3 is 0 Å². The summed E-state index contributed by atoms with van der Waals surface area (Å²) in [4.78, 5) is 10.9. The van der Waals surface area contributed by atoms with Gasteiger partial charge in [-0.1, -0.05) is 6.07 Å². The Kier molecular flexibility index (Phi) is 3.90. The van der Waals surface area contributed by atoms with E-state index in [9.17, 15) is 9.50 Å². The molecule has 4 aromatic rings. The van der Waals surface area contributed by atoms with E-state index in [1.807, 2.05) is 13.0 Å². The van der Waals surface area contributed by atoms with Gasteiger partial charge in [-0.25, -0.2) is 14.4 Å². The van der Waals surface area contributed by atoms with Crippen LogP contribution in [-0.2, 0) is 6.61 Å². The zero-order chi connectivity index (χ0) is 17.4. The van der Waals surface area contributed by atoms with E-state index in [0.717, 1.165) is 15.1 Å². The maximum atomic E-state index is 14.3. The number of thiophene rings is 1. The molecule has 0 bridgehead atoms. The monoisotopic (exact) mass is 355 g/mol. The van der Waals surface area contributed by atoms with E-state index < -0.39 is 5.82 Å². The number of aryl methyl sites for hydroxylation is 1. The Balaban J connectivity index is 1.90. The number of hydrogen-bond donors (Lipinski definition) is 3. The number of fused-ring (bicyclic) bond motifs is 1. The lowest BCUT2D eigenvalue weighted by molar-refractivity contribution is 0.282. The van der Waals surface area contributed by atoms with Crippen LogP contribution < -0.4 is 5.32 Å². The number of nitrogens with zero attached hydrogens (tertiary/aromatic N) is 3. The molecule has 4 rings (SSSR count). The van der Waals surface area contributed by atoms with Crippen LogP contribution in [0.25, 0.3) is 21.6 Å². The molecule has 126 valence electrons. The third-order valence-corrected chi connectivity index (χ3v) is 4.67. The van der Waals surface area contributed by atoms with Crippen molar-refractivity contribution in [3.05, 3.63) is 52.8 Å². The van der Waals surface area contributed by atoms with E-state index >= 15 is 0 Å². The third kappa shape index (κ3) is 2.97. The number of H-pyrrole nitrogens is 1. The number of rotatable bonds is 4. The molecule has 0 aliphatic carbocycles. The first-order chi connectivity index (χ1) is 12.1. The molecule has 3 N–H and O–H groups in total. The molecule has 0 amide bonds. The van der Waals surface area contributed by atoms with Crippen LogP contribution in [0.4, 0.5) is 16.0 Å². The summed E-state index contributed by atoms with van der Waals surface area (Å²) in [6.45, 7) is 1.81. The van der Waals surface area contributed by atoms with Gasteiger partial charge < -0.3 is 10.4 Å². The quantitative estimate of drug-likeness (QED) is 0.519. The van der Waals surface area contributed by atoms with Crippen LogP contribution in [0, 0.1) is 12.7 Å². The summed E-state index contributed by atoms with van der Waals surface area (Å²) < 4.78 is 14.3. The van der Waals surface area contributed by atoms with Gasteiger partial charge in [-0.3, -0.25) is 5.10 Å². The van der Waals surface area contributed by atoms with Crippen molar-refractivity contribution in [1.82, 2.24) is 20.2 Å². The maximum absolute atomic E-state index is 14.3. The van der Waals surface area contributed by atoms with Crippen molar-refractivity contribution in [2.24, 2.45) is 0 Å². The minimum Gasteiger partial charge on any atom is -0.392 e. The minimum absolute atomic E-state index is 0.174. The van der Waals surface area contributed by atoms with Gasteiger partial charge in [-0.2, -0.15) is 5.10 Å². The van der Waals surface area contributed by atoms with Gasteiger partial charge in [-0.05, 0) is 30.7 Å². The zero-order valence-electron chi connectivity index (χ0n) is 13.2. The van der Waals surface area contributed by atoms with Crippen molar-refractivity contribution in [2.75, 3.05) is 5.32 Å². The fourth-order valence-corrected chi connectivity index (χ4v) is 3.43. The second-order valence-corrected chi connectivity index (χ2v) is 6.77. The largest absolute Gasteiger partial charge is 0.392 e. The standard InChI is InChI=1S/C17H14FN5OS/c1-9-6-12-16(20-14-4-5-19-23-14)21-15(22-17(12)25-9)11-7-10(8-24)2-3-13(11)18/h2-7,24H,8H2,1H3,(H2,19,20,21,22,23). The molecule has 0 aliphatic rings. The molecule has 1 aromatic carbocycles. The Morgan fingerprint density at radius 2 is 2.12 bits per heavy atom. The van der Waals surface area contributed by atoms with Gasteiger partial charge in [0.05, 0.1) is 23.8 Å². The molecule has 0 unspecified atom stereocenters. The van der Waals surface area contributed by atoms with Crippen molar-refractivity contribution in [2.45, 2.75) is 13.5 Å². The minimum atomic E-state index is -0.433. The number of hydrogen-bond acceptors (Lipinski definition) is 6. The van der Waals surface area contributed by atoms with Crippen molar-refractivity contribution in [1.29, 1.82) is 0 Å². The molecule has 0 saturated heterocycles. The number of halogens is 1. The molecule has 0 saturated carbocycles. The highest BCUT2D eigenvalue weighted by Gasteiger charge is 2.15. The Labute approximate surface area is 146 Å². The molecular weight excluding hydrogens is 341 g/mol. The second-order valence-electron chi connectivity index (χ2n) is 5.54. The molecule has 3 aromatic heterocycles. The average molecular weight is 355 g/mol. The normalized spacial score (nSPS) is 11.2. The van der Waals surface area contributed by atoms with E-state index in [1.54, 1.807) is 18.3 Å². The molecule has 6 nitrogen and oxygen atoms in total. The number of anilines is 2. The van der Waals surface area contributed by atoms with Crippen LogP contribution in [0.5, 0.6) is 0 Å². The van der Waals surface area contributed by atoms with Gasteiger partial charge in [0.15, 0.2) is 5.82 Å². The predicted octanol–water partition coefficient (Wildman–Crippen LogP) is 3.76. The summed E-state index contributed by atoms with van der Waals surface area (Å²) >= 11 is 1.51. The number of aliphatic hydroxyl groups is 1. The van der Waals surface area contributed by atoms with Gasteiger partial charge in [0.2, 0.25) is 0 Å². The summed E-state index contributed by atoms with van der Waals surface area (Å²) in [5.41, 5.74) is 0.859. The number of aromatic amines is 1. The molecule has 0 radical (unpaired) electrons. The van der Waals surface area contributed by atoms with Gasteiger partial charge in [0.1, 0.15) is 22.3 Å². The molecule has 8 heteroatoms. The summed E-state index contributed by atoms with van der Waals surface area (Å²) in [6, 6.07) is 8.19. The summed E-state index contributed by atoms with van der Waals surface area (Å²) in [7, 11) is 0. The summed E-state index contributed by atoms with van der Waals surface area (Å²) in [5, 5.41) is 20.1. The Bertz CT molecular complexity index is 1040. The zero-order valence-corrected chi connectivity index (χ0v) is 14.1. The van der Waals surface area contributed by atoms with Crippen molar-refractivity contribution in [3.8, 4) is 11.4 Å². The Morgan fingerprint density at radius 3 is 2.88 bits per heavy atom. The first kappa shape index (κ1) is 15.7. The van der Waals surface area contributed by atoms with E-state index in [2.05, 4.69) is 25.5 Å². The van der Waals surface area contributed by atoms with Crippen LogP contribution in [0.15, 0.2) is 36.5 Å². The molecule has 0 atom stereocenters. The van der Waals surface area contributed by atoms with Crippen LogP contribution in [0.1, 0.15) is 10.4 Å². The Hall–Kier alpha value is -2.84. The molecular formula is C17H14FN5OS. The lowest BCUT2D eigenvalue weighted by atomic mass is 10.1. The van der Waals surface area contributed by atoms with E-state index in [1.165, 1.54) is 23.5 Å². The van der Waals surface area contributed by atoms with Crippen LogP contribution in [0.2, 0.25) is 0 Å². The van der Waals surface area contributed by atoms with Gasteiger partial charge in [-0.15, -0.1) is 11.3 Å². The fourth-order valence-electron chi connectivity index (χ4n) is 2.55. The van der Waals surface area contributed by atoms with Crippen LogP contribution in [-0.4, -0.2) is 25.3 Å². The molecule has 25 heavy (non-hydrogen) atoms. The van der Waals surface area contributed by atoms with E-state index in [4.69, 9.17) is 0 Å². The summed E-state index contributed by atoms with van der Waals surface area (Å²) in [5.74, 6) is 1.09. The smallest absolute Gasteiger partial charge is 0.166 e. The average Bonchev–Trinajstić information content (AvgIpc) is 3.24. The Morgan fingerprint density at radius 1 is 1.24 bits per heavy atom. The number of nitrogens with one attached hydrogen (secondary N) is 2. The highest BCUT2D eigenvalue weighted by Crippen LogP contribution is 2.33. The number of benzene rings is 1. The molecule has 0 spiro atoms. The SMILES string of the molecule is Cc1cc2c(Nc3ccn[nH]3)nc(-c3cc(CO)ccc3F)nc2s1. The topological polar surface area (TPSA) is 86.7 Å². The lowest BCUT2D eigenvalue weighted by Crippen LogP contribution is -2.00. The van der Waals surface area contributed by atoms with E-state index in [-0.39, 0.29) is 18.0 Å². The van der Waals surface area contributed by atoms with Crippen molar-refractivity contribution < 1.29 is 9.50 Å². The van der Waals surface area contributed by atoms with Gasteiger partial charge in [0, 0.05) is 10.9 Å². The third-order valence-electron chi connectivity index (χ3n) is 3.72. The first-order valence-electron chi connectivity index (χ1n) is 7.58. The first-order valence-corrected chi connectivity index (χ1v) is 8.40. The van der Waals surface area contributed by atoms with Crippen LogP contribution >= 0.6 is 11.3 Å². The summed E-state index contributed by atoms with van der Waals surface area (Å²) in [6.07, 6.45) is 1.63. The van der Waals surface area contributed by atoms with Crippen molar-refractivity contribution in [3.63, 3.8) is 0 Å². The number of aliphatic hydroxyl groups excluding tert-OH is 1. The molecule has 0 fully saturated rings. The molecule has 3 heterocycles. The molecule has 0 aliphatic heterocycles. The lowest BCUT2D eigenvalue weighted by Gasteiger charge is -2.09.